The Morgan fingerprint density at radius 2 is 1.56 bits per heavy atom. The fourth-order valence-corrected chi connectivity index (χ4v) is 4.40. The summed E-state index contributed by atoms with van der Waals surface area (Å²) in [6, 6.07) is 9.93. The van der Waals surface area contributed by atoms with Crippen molar-refractivity contribution in [3.63, 3.8) is 0 Å². The highest BCUT2D eigenvalue weighted by Gasteiger charge is 2.32. The van der Waals surface area contributed by atoms with E-state index in [0.29, 0.717) is 10.7 Å². The minimum atomic E-state index is -0.812. The zero-order chi connectivity index (χ0) is 13.2. The van der Waals surface area contributed by atoms with Crippen LogP contribution in [0.5, 0.6) is 0 Å². The van der Waals surface area contributed by atoms with Gasteiger partial charge in [-0.05, 0) is 49.1 Å². The molecular weight excluding hydrogens is 240 g/mol. The first-order valence-electron chi connectivity index (χ1n) is 6.94. The predicted molar refractivity (Wildman–Crippen MR) is 78.1 cm³/mol. The van der Waals surface area contributed by atoms with Gasteiger partial charge in [-0.2, -0.15) is 0 Å². The van der Waals surface area contributed by atoms with E-state index < -0.39 is 10.8 Å². The molecule has 1 aromatic carbocycles. The molecule has 0 bridgehead atoms. The lowest BCUT2D eigenvalue weighted by Crippen LogP contribution is -2.29. The Balaban J connectivity index is 1.96. The van der Waals surface area contributed by atoms with E-state index in [0.717, 1.165) is 23.7 Å². The summed E-state index contributed by atoms with van der Waals surface area (Å²) in [5.41, 5.74) is 0.402. The average molecular weight is 264 g/mol. The van der Waals surface area contributed by atoms with Crippen molar-refractivity contribution in [3.05, 3.63) is 30.3 Å². The van der Waals surface area contributed by atoms with Crippen LogP contribution in [0.15, 0.2) is 35.2 Å². The van der Waals surface area contributed by atoms with Gasteiger partial charge in [0.15, 0.2) is 0 Å². The smallest absolute Gasteiger partial charge is 0.0560 e. The second kappa shape index (κ2) is 5.56. The van der Waals surface area contributed by atoms with Gasteiger partial charge in [0.05, 0.1) is 10.8 Å². The number of hydrogen-bond donors (Lipinski definition) is 0. The van der Waals surface area contributed by atoms with Crippen molar-refractivity contribution >= 4 is 10.8 Å². The third-order valence-electron chi connectivity index (χ3n) is 4.18. The van der Waals surface area contributed by atoms with E-state index in [-0.39, 0.29) is 0 Å². The van der Waals surface area contributed by atoms with Crippen LogP contribution in [-0.4, -0.2) is 9.46 Å². The fraction of sp³-hybridized carbons (Fsp3) is 0.625. The van der Waals surface area contributed by atoms with Gasteiger partial charge < -0.3 is 0 Å². The lowest BCUT2D eigenvalue weighted by molar-refractivity contribution is 0.181. The van der Waals surface area contributed by atoms with E-state index in [1.165, 1.54) is 12.8 Å². The summed E-state index contributed by atoms with van der Waals surface area (Å²) in [4.78, 5) is 0.997. The average Bonchev–Trinajstić information content (AvgIpc) is 2.38. The van der Waals surface area contributed by atoms with E-state index in [1.807, 2.05) is 30.3 Å². The SMILES string of the molecule is CC(C)(C)C1CCC(S(=O)c2ccccc2)CC1. The molecule has 1 nitrogen and oxygen atoms in total. The van der Waals surface area contributed by atoms with Gasteiger partial charge in [-0.25, -0.2) is 0 Å². The van der Waals surface area contributed by atoms with Gasteiger partial charge in [0.25, 0.3) is 0 Å². The van der Waals surface area contributed by atoms with Crippen LogP contribution in [0.4, 0.5) is 0 Å². The van der Waals surface area contributed by atoms with E-state index in [2.05, 4.69) is 20.8 Å². The molecule has 0 spiro atoms. The molecule has 0 radical (unpaired) electrons. The van der Waals surface area contributed by atoms with Crippen molar-refractivity contribution in [1.82, 2.24) is 0 Å². The maximum atomic E-state index is 12.5. The maximum Gasteiger partial charge on any atom is 0.0560 e. The van der Waals surface area contributed by atoms with Crippen LogP contribution in [0, 0.1) is 11.3 Å². The molecule has 1 fully saturated rings. The van der Waals surface area contributed by atoms with E-state index in [9.17, 15) is 4.21 Å². The summed E-state index contributed by atoms with van der Waals surface area (Å²) < 4.78 is 12.5. The highest BCUT2D eigenvalue weighted by Crippen LogP contribution is 2.39. The van der Waals surface area contributed by atoms with Gasteiger partial charge in [0, 0.05) is 10.1 Å². The summed E-state index contributed by atoms with van der Waals surface area (Å²) in [5.74, 6) is 0.793. The first-order chi connectivity index (χ1) is 8.48. The number of hydrogen-bond acceptors (Lipinski definition) is 1. The third kappa shape index (κ3) is 3.23. The molecule has 2 rings (SSSR count). The highest BCUT2D eigenvalue weighted by molar-refractivity contribution is 7.85. The van der Waals surface area contributed by atoms with Crippen molar-refractivity contribution in [3.8, 4) is 0 Å². The van der Waals surface area contributed by atoms with Gasteiger partial charge in [-0.3, -0.25) is 4.21 Å². The van der Waals surface area contributed by atoms with E-state index in [1.54, 1.807) is 0 Å². The van der Waals surface area contributed by atoms with Crippen molar-refractivity contribution in [2.45, 2.75) is 56.6 Å². The number of benzene rings is 1. The van der Waals surface area contributed by atoms with Crippen molar-refractivity contribution in [2.24, 2.45) is 11.3 Å². The molecule has 2 heteroatoms. The third-order valence-corrected chi connectivity index (χ3v) is 5.99. The van der Waals surface area contributed by atoms with E-state index >= 15 is 0 Å². The topological polar surface area (TPSA) is 17.1 Å². The molecule has 1 aliphatic rings. The minimum Gasteiger partial charge on any atom is -0.254 e. The Labute approximate surface area is 113 Å². The molecule has 1 aliphatic carbocycles. The monoisotopic (exact) mass is 264 g/mol. The van der Waals surface area contributed by atoms with Gasteiger partial charge in [-0.1, -0.05) is 39.0 Å². The lowest BCUT2D eigenvalue weighted by atomic mass is 9.72. The summed E-state index contributed by atoms with van der Waals surface area (Å²) in [6.07, 6.45) is 4.69. The van der Waals surface area contributed by atoms with Gasteiger partial charge >= 0.3 is 0 Å². The minimum absolute atomic E-state index is 0.367. The second-order valence-corrected chi connectivity index (χ2v) is 8.18. The summed E-state index contributed by atoms with van der Waals surface area (Å²) in [7, 11) is -0.812. The normalized spacial score (nSPS) is 26.8. The first kappa shape index (κ1) is 13.8. The standard InChI is InChI=1S/C16H24OS/c1-16(2,3)13-9-11-15(12-10-13)18(17)14-7-5-4-6-8-14/h4-8,13,15H,9-12H2,1-3H3. The van der Waals surface area contributed by atoms with Crippen LogP contribution in [-0.2, 0) is 10.8 Å². The molecule has 0 heterocycles. The molecule has 0 aromatic heterocycles. The predicted octanol–water partition coefficient (Wildman–Crippen LogP) is 4.40. The van der Waals surface area contributed by atoms with Crippen LogP contribution in [0.2, 0.25) is 0 Å². The molecule has 100 valence electrons. The zero-order valence-corrected chi connectivity index (χ0v) is 12.5. The highest BCUT2D eigenvalue weighted by atomic mass is 32.2. The van der Waals surface area contributed by atoms with Crippen LogP contribution < -0.4 is 0 Å². The van der Waals surface area contributed by atoms with Gasteiger partial charge in [0.1, 0.15) is 0 Å². The van der Waals surface area contributed by atoms with Crippen LogP contribution in [0.1, 0.15) is 46.5 Å². The van der Waals surface area contributed by atoms with Crippen molar-refractivity contribution in [2.75, 3.05) is 0 Å². The Bertz CT molecular complexity index is 397. The van der Waals surface area contributed by atoms with Crippen molar-refractivity contribution in [1.29, 1.82) is 0 Å². The van der Waals surface area contributed by atoms with E-state index in [4.69, 9.17) is 0 Å². The molecule has 1 unspecified atom stereocenters. The largest absolute Gasteiger partial charge is 0.254 e. The van der Waals surface area contributed by atoms with Crippen LogP contribution in [0.25, 0.3) is 0 Å². The number of rotatable bonds is 2. The summed E-state index contributed by atoms with van der Waals surface area (Å²) >= 11 is 0. The van der Waals surface area contributed by atoms with Gasteiger partial charge in [0.2, 0.25) is 0 Å². The zero-order valence-electron chi connectivity index (χ0n) is 11.7. The van der Waals surface area contributed by atoms with Crippen molar-refractivity contribution < 1.29 is 4.21 Å². The molecule has 0 aliphatic heterocycles. The van der Waals surface area contributed by atoms with Crippen LogP contribution in [0.3, 0.4) is 0 Å². The molecule has 1 aromatic rings. The molecule has 1 atom stereocenters. The fourth-order valence-electron chi connectivity index (χ4n) is 2.89. The molecule has 1 saturated carbocycles. The quantitative estimate of drug-likeness (QED) is 0.774. The molecule has 18 heavy (non-hydrogen) atoms. The van der Waals surface area contributed by atoms with Gasteiger partial charge in [-0.15, -0.1) is 0 Å². The Hall–Kier alpha value is -0.630. The Kier molecular flexibility index (Phi) is 4.26. The molecule has 0 saturated heterocycles. The summed E-state index contributed by atoms with van der Waals surface area (Å²) in [5, 5.41) is 0.367. The first-order valence-corrected chi connectivity index (χ1v) is 8.15. The Morgan fingerprint density at radius 1 is 1.00 bits per heavy atom. The Morgan fingerprint density at radius 3 is 2.06 bits per heavy atom. The van der Waals surface area contributed by atoms with Crippen LogP contribution >= 0.6 is 0 Å². The maximum absolute atomic E-state index is 12.5. The molecule has 0 N–H and O–H groups in total. The summed E-state index contributed by atoms with van der Waals surface area (Å²) in [6.45, 7) is 6.98. The lowest BCUT2D eigenvalue weighted by Gasteiger charge is -2.36. The molecular formula is C16H24OS. The molecule has 0 amide bonds. The second-order valence-electron chi connectivity index (χ2n) is 6.45.